The van der Waals surface area contributed by atoms with Crippen LogP contribution in [0, 0.1) is 13.8 Å². The third-order valence-electron chi connectivity index (χ3n) is 1.92. The summed E-state index contributed by atoms with van der Waals surface area (Å²) in [4.78, 5) is 1.11. The molecule has 68 valence electrons. The van der Waals surface area contributed by atoms with Gasteiger partial charge in [-0.15, -0.1) is 11.3 Å². The number of hydrogen-bond acceptors (Lipinski definition) is 4. The van der Waals surface area contributed by atoms with E-state index in [1.54, 1.807) is 11.3 Å². The SMILES string of the molecule is Cc1csc(-c2noc(N)c2C)c1. The molecule has 0 fully saturated rings. The van der Waals surface area contributed by atoms with Crippen molar-refractivity contribution in [3.8, 4) is 10.6 Å². The highest BCUT2D eigenvalue weighted by Crippen LogP contribution is 2.30. The zero-order valence-electron chi connectivity index (χ0n) is 7.50. The van der Waals surface area contributed by atoms with Crippen molar-refractivity contribution in [2.45, 2.75) is 13.8 Å². The molecule has 0 aliphatic heterocycles. The first-order chi connectivity index (χ1) is 6.18. The van der Waals surface area contributed by atoms with Gasteiger partial charge in [-0.25, -0.2) is 0 Å². The maximum absolute atomic E-state index is 5.56. The number of anilines is 1. The fourth-order valence-corrected chi connectivity index (χ4v) is 2.07. The minimum atomic E-state index is 0.404. The molecule has 0 saturated heterocycles. The molecule has 2 aromatic heterocycles. The van der Waals surface area contributed by atoms with Crippen molar-refractivity contribution in [1.29, 1.82) is 0 Å². The Morgan fingerprint density at radius 2 is 2.23 bits per heavy atom. The van der Waals surface area contributed by atoms with Gasteiger partial charge in [0.2, 0.25) is 5.88 Å². The first-order valence-corrected chi connectivity index (χ1v) is 4.83. The fourth-order valence-electron chi connectivity index (χ4n) is 1.13. The molecule has 0 aromatic carbocycles. The van der Waals surface area contributed by atoms with Gasteiger partial charge in [0.1, 0.15) is 5.69 Å². The van der Waals surface area contributed by atoms with Crippen LogP contribution in [0.15, 0.2) is 16.0 Å². The Bertz CT molecular complexity index is 431. The Morgan fingerprint density at radius 3 is 2.69 bits per heavy atom. The van der Waals surface area contributed by atoms with Crippen molar-refractivity contribution < 1.29 is 4.52 Å². The summed E-state index contributed by atoms with van der Waals surface area (Å²) in [7, 11) is 0. The summed E-state index contributed by atoms with van der Waals surface area (Å²) in [5, 5.41) is 5.99. The summed E-state index contributed by atoms with van der Waals surface area (Å²) < 4.78 is 4.89. The summed E-state index contributed by atoms with van der Waals surface area (Å²) in [5.41, 5.74) is 8.57. The zero-order valence-corrected chi connectivity index (χ0v) is 8.31. The van der Waals surface area contributed by atoms with Crippen LogP contribution in [0.2, 0.25) is 0 Å². The highest BCUT2D eigenvalue weighted by atomic mass is 32.1. The lowest BCUT2D eigenvalue weighted by Gasteiger charge is -1.89. The standard InChI is InChI=1S/C9H10N2OS/c1-5-3-7(13-4-5)8-6(2)9(10)12-11-8/h3-4H,10H2,1-2H3. The average Bonchev–Trinajstić information content (AvgIpc) is 2.62. The molecule has 0 radical (unpaired) electrons. The van der Waals surface area contributed by atoms with Gasteiger partial charge in [-0.3, -0.25) is 0 Å². The molecule has 0 aliphatic rings. The number of hydrogen-bond donors (Lipinski definition) is 1. The Labute approximate surface area is 80.2 Å². The van der Waals surface area contributed by atoms with E-state index in [9.17, 15) is 0 Å². The van der Waals surface area contributed by atoms with Crippen molar-refractivity contribution in [1.82, 2.24) is 5.16 Å². The predicted molar refractivity (Wildman–Crippen MR) is 53.7 cm³/mol. The van der Waals surface area contributed by atoms with Crippen LogP contribution in [0.4, 0.5) is 5.88 Å². The highest BCUT2D eigenvalue weighted by Gasteiger charge is 2.12. The van der Waals surface area contributed by atoms with E-state index in [4.69, 9.17) is 10.3 Å². The second-order valence-corrected chi connectivity index (χ2v) is 3.92. The number of nitrogens with zero attached hydrogens (tertiary/aromatic N) is 1. The molecule has 2 rings (SSSR count). The van der Waals surface area contributed by atoms with E-state index >= 15 is 0 Å². The summed E-state index contributed by atoms with van der Waals surface area (Å²) in [5.74, 6) is 0.404. The number of aromatic nitrogens is 1. The molecule has 13 heavy (non-hydrogen) atoms. The topological polar surface area (TPSA) is 52.0 Å². The largest absolute Gasteiger partial charge is 0.367 e. The molecule has 0 aliphatic carbocycles. The minimum Gasteiger partial charge on any atom is -0.367 e. The smallest absolute Gasteiger partial charge is 0.225 e. The third-order valence-corrected chi connectivity index (χ3v) is 2.98. The lowest BCUT2D eigenvalue weighted by molar-refractivity contribution is 0.439. The highest BCUT2D eigenvalue weighted by molar-refractivity contribution is 7.13. The first kappa shape index (κ1) is 8.31. The molecule has 2 aromatic rings. The Morgan fingerprint density at radius 1 is 1.46 bits per heavy atom. The van der Waals surface area contributed by atoms with E-state index < -0.39 is 0 Å². The second-order valence-electron chi connectivity index (χ2n) is 3.01. The lowest BCUT2D eigenvalue weighted by atomic mass is 10.2. The monoisotopic (exact) mass is 194 g/mol. The van der Waals surface area contributed by atoms with E-state index in [1.807, 2.05) is 6.92 Å². The molecule has 3 nitrogen and oxygen atoms in total. The normalized spacial score (nSPS) is 10.6. The van der Waals surface area contributed by atoms with Crippen LogP contribution in [-0.2, 0) is 0 Å². The van der Waals surface area contributed by atoms with Crippen LogP contribution in [0.25, 0.3) is 10.6 Å². The molecule has 0 atom stereocenters. The van der Waals surface area contributed by atoms with E-state index in [0.717, 1.165) is 16.1 Å². The Kier molecular flexibility index (Phi) is 1.84. The van der Waals surface area contributed by atoms with Gasteiger partial charge in [0.05, 0.1) is 4.88 Å². The van der Waals surface area contributed by atoms with E-state index in [2.05, 4.69) is 23.5 Å². The molecule has 0 amide bonds. The van der Waals surface area contributed by atoms with Crippen molar-refractivity contribution >= 4 is 17.2 Å². The van der Waals surface area contributed by atoms with Crippen LogP contribution < -0.4 is 5.73 Å². The minimum absolute atomic E-state index is 0.404. The third kappa shape index (κ3) is 1.33. The molecule has 2 heterocycles. The Hall–Kier alpha value is -1.29. The first-order valence-electron chi connectivity index (χ1n) is 3.95. The van der Waals surface area contributed by atoms with Crippen LogP contribution >= 0.6 is 11.3 Å². The van der Waals surface area contributed by atoms with Crippen LogP contribution in [0.3, 0.4) is 0 Å². The van der Waals surface area contributed by atoms with Gasteiger partial charge >= 0.3 is 0 Å². The molecular formula is C9H10N2OS. The molecular weight excluding hydrogens is 184 g/mol. The number of thiophene rings is 1. The van der Waals surface area contributed by atoms with Gasteiger partial charge in [0.15, 0.2) is 0 Å². The summed E-state index contributed by atoms with van der Waals surface area (Å²) in [6, 6.07) is 2.08. The van der Waals surface area contributed by atoms with Gasteiger partial charge in [-0.2, -0.15) is 0 Å². The maximum atomic E-state index is 5.56. The molecule has 0 saturated carbocycles. The Balaban J connectivity index is 2.52. The summed E-state index contributed by atoms with van der Waals surface area (Å²) >= 11 is 1.65. The van der Waals surface area contributed by atoms with Crippen LogP contribution in [0.5, 0.6) is 0 Å². The number of nitrogen functional groups attached to an aromatic ring is 1. The number of rotatable bonds is 1. The maximum Gasteiger partial charge on any atom is 0.225 e. The van der Waals surface area contributed by atoms with E-state index in [0.29, 0.717) is 5.88 Å². The van der Waals surface area contributed by atoms with Gasteiger partial charge in [-0.1, -0.05) is 5.16 Å². The number of nitrogens with two attached hydrogens (primary N) is 1. The summed E-state index contributed by atoms with van der Waals surface area (Å²) in [6.07, 6.45) is 0. The fraction of sp³-hybridized carbons (Fsp3) is 0.222. The van der Waals surface area contributed by atoms with Gasteiger partial charge in [0.25, 0.3) is 0 Å². The number of aryl methyl sites for hydroxylation is 1. The molecule has 0 unspecified atom stereocenters. The van der Waals surface area contributed by atoms with Gasteiger partial charge < -0.3 is 10.3 Å². The van der Waals surface area contributed by atoms with E-state index in [1.165, 1.54) is 5.56 Å². The average molecular weight is 194 g/mol. The van der Waals surface area contributed by atoms with E-state index in [-0.39, 0.29) is 0 Å². The molecule has 0 bridgehead atoms. The van der Waals surface area contributed by atoms with Crippen molar-refractivity contribution in [2.24, 2.45) is 0 Å². The zero-order chi connectivity index (χ0) is 9.42. The second kappa shape index (κ2) is 2.88. The van der Waals surface area contributed by atoms with Crippen LogP contribution in [0.1, 0.15) is 11.1 Å². The van der Waals surface area contributed by atoms with Crippen molar-refractivity contribution in [3.63, 3.8) is 0 Å². The van der Waals surface area contributed by atoms with Crippen molar-refractivity contribution in [2.75, 3.05) is 5.73 Å². The molecule has 4 heteroatoms. The predicted octanol–water partition coefficient (Wildman–Crippen LogP) is 2.60. The quantitative estimate of drug-likeness (QED) is 0.759. The van der Waals surface area contributed by atoms with Gasteiger partial charge in [-0.05, 0) is 30.9 Å². The van der Waals surface area contributed by atoms with Gasteiger partial charge in [0, 0.05) is 5.56 Å². The molecule has 2 N–H and O–H groups in total. The summed E-state index contributed by atoms with van der Waals surface area (Å²) in [6.45, 7) is 3.97. The lowest BCUT2D eigenvalue weighted by Crippen LogP contribution is -1.83. The van der Waals surface area contributed by atoms with Crippen molar-refractivity contribution in [3.05, 3.63) is 22.6 Å². The van der Waals surface area contributed by atoms with Crippen LogP contribution in [-0.4, -0.2) is 5.16 Å². The molecule has 0 spiro atoms.